The van der Waals surface area contributed by atoms with Gasteiger partial charge < -0.3 is 4.74 Å². The van der Waals surface area contributed by atoms with Gasteiger partial charge in [0, 0.05) is 4.83 Å². The summed E-state index contributed by atoms with van der Waals surface area (Å²) in [5.74, 6) is 1.80. The molecule has 2 aliphatic carbocycles. The molecule has 1 nitrogen and oxygen atoms in total. The molecule has 2 fully saturated rings. The second kappa shape index (κ2) is 4.40. The third-order valence-electron chi connectivity index (χ3n) is 3.53. The van der Waals surface area contributed by atoms with Crippen molar-refractivity contribution in [2.45, 2.75) is 49.0 Å². The van der Waals surface area contributed by atoms with Crippen LogP contribution >= 0.6 is 15.9 Å². The molecule has 0 aromatic heterocycles. The Hall–Kier alpha value is -0.500. The number of halogens is 1. The van der Waals surface area contributed by atoms with Crippen LogP contribution in [-0.4, -0.2) is 10.9 Å². The van der Waals surface area contributed by atoms with Crippen molar-refractivity contribution in [2.24, 2.45) is 0 Å². The number of alkyl halides is 1. The summed E-state index contributed by atoms with van der Waals surface area (Å²) in [6, 6.07) is 8.71. The lowest BCUT2D eigenvalue weighted by Gasteiger charge is -2.12. The third kappa shape index (κ3) is 2.42. The van der Waals surface area contributed by atoms with Crippen molar-refractivity contribution >= 4 is 15.9 Å². The zero-order valence-electron chi connectivity index (χ0n) is 9.36. The predicted octanol–water partition coefficient (Wildman–Crippen LogP) is 4.26. The molecule has 0 bridgehead atoms. The van der Waals surface area contributed by atoms with Crippen LogP contribution in [0.4, 0.5) is 0 Å². The summed E-state index contributed by atoms with van der Waals surface area (Å²) in [5.41, 5.74) is 1.46. The van der Waals surface area contributed by atoms with E-state index in [-0.39, 0.29) is 0 Å². The first-order chi connectivity index (χ1) is 7.81. The van der Waals surface area contributed by atoms with E-state index in [1.807, 2.05) is 0 Å². The van der Waals surface area contributed by atoms with E-state index in [9.17, 15) is 0 Å². The molecule has 0 spiro atoms. The minimum Gasteiger partial charge on any atom is -0.490 e. The molecule has 3 rings (SSSR count). The maximum Gasteiger partial charge on any atom is 0.119 e. The largest absolute Gasteiger partial charge is 0.490 e. The molecule has 0 amide bonds. The van der Waals surface area contributed by atoms with Crippen molar-refractivity contribution in [2.75, 3.05) is 0 Å². The minimum atomic E-state index is 0.503. The SMILES string of the molecule is BrC1CCC(c2cccc(OC3CC3)c2)C1. The summed E-state index contributed by atoms with van der Waals surface area (Å²) in [4.78, 5) is 0.713. The van der Waals surface area contributed by atoms with Gasteiger partial charge >= 0.3 is 0 Å². The van der Waals surface area contributed by atoms with Gasteiger partial charge in [0.1, 0.15) is 5.75 Å². The van der Waals surface area contributed by atoms with Gasteiger partial charge in [0.2, 0.25) is 0 Å². The van der Waals surface area contributed by atoms with Crippen LogP contribution in [0.25, 0.3) is 0 Å². The highest BCUT2D eigenvalue weighted by molar-refractivity contribution is 9.09. The van der Waals surface area contributed by atoms with Crippen LogP contribution in [0.3, 0.4) is 0 Å². The Bertz CT molecular complexity index is 373. The Kier molecular flexibility index (Phi) is 2.93. The topological polar surface area (TPSA) is 9.23 Å². The van der Waals surface area contributed by atoms with Crippen molar-refractivity contribution in [1.29, 1.82) is 0 Å². The average molecular weight is 281 g/mol. The Labute approximate surface area is 105 Å². The van der Waals surface area contributed by atoms with Crippen LogP contribution in [0.2, 0.25) is 0 Å². The molecule has 0 N–H and O–H groups in total. The fraction of sp³-hybridized carbons (Fsp3) is 0.571. The number of hydrogen-bond acceptors (Lipinski definition) is 1. The van der Waals surface area contributed by atoms with Crippen LogP contribution in [0.15, 0.2) is 24.3 Å². The summed E-state index contributed by atoms with van der Waals surface area (Å²) in [5, 5.41) is 0. The molecule has 0 radical (unpaired) electrons. The maximum absolute atomic E-state index is 5.84. The minimum absolute atomic E-state index is 0.503. The summed E-state index contributed by atoms with van der Waals surface area (Å²) in [6.45, 7) is 0. The number of rotatable bonds is 3. The summed E-state index contributed by atoms with van der Waals surface area (Å²) in [7, 11) is 0. The molecule has 2 unspecified atom stereocenters. The second-order valence-corrected chi connectivity index (χ2v) is 6.29. The quantitative estimate of drug-likeness (QED) is 0.752. The van der Waals surface area contributed by atoms with Crippen molar-refractivity contribution in [1.82, 2.24) is 0 Å². The highest BCUT2D eigenvalue weighted by Gasteiger charge is 2.26. The lowest BCUT2D eigenvalue weighted by molar-refractivity contribution is 0.302. The maximum atomic E-state index is 5.84. The van der Waals surface area contributed by atoms with Crippen molar-refractivity contribution < 1.29 is 4.74 Å². The zero-order valence-corrected chi connectivity index (χ0v) is 10.9. The van der Waals surface area contributed by atoms with Gasteiger partial charge in [-0.2, -0.15) is 0 Å². The summed E-state index contributed by atoms with van der Waals surface area (Å²) in [6.07, 6.45) is 6.85. The smallest absolute Gasteiger partial charge is 0.119 e. The van der Waals surface area contributed by atoms with Crippen LogP contribution in [0.1, 0.15) is 43.6 Å². The van der Waals surface area contributed by atoms with E-state index in [0.717, 1.165) is 11.7 Å². The van der Waals surface area contributed by atoms with Crippen LogP contribution in [0.5, 0.6) is 5.75 Å². The van der Waals surface area contributed by atoms with E-state index in [1.165, 1.54) is 37.7 Å². The van der Waals surface area contributed by atoms with E-state index in [4.69, 9.17) is 4.74 Å². The van der Waals surface area contributed by atoms with Gasteiger partial charge in [0.25, 0.3) is 0 Å². The summed E-state index contributed by atoms with van der Waals surface area (Å²) >= 11 is 3.71. The molecule has 0 saturated heterocycles. The van der Waals surface area contributed by atoms with E-state index in [1.54, 1.807) is 0 Å². The molecule has 0 heterocycles. The molecule has 16 heavy (non-hydrogen) atoms. The molecule has 1 aromatic rings. The standard InChI is InChI=1S/C14H17BrO/c15-12-5-4-11(8-12)10-2-1-3-14(9-10)16-13-6-7-13/h1-3,9,11-13H,4-8H2. The number of hydrogen-bond donors (Lipinski definition) is 0. The number of ether oxygens (including phenoxy) is 1. The molecule has 2 saturated carbocycles. The van der Waals surface area contributed by atoms with Gasteiger partial charge in [-0.25, -0.2) is 0 Å². The van der Waals surface area contributed by atoms with Crippen LogP contribution < -0.4 is 4.74 Å². The first kappa shape index (κ1) is 10.6. The Balaban J connectivity index is 1.73. The van der Waals surface area contributed by atoms with Gasteiger partial charge in [-0.05, 0) is 55.7 Å². The lowest BCUT2D eigenvalue weighted by atomic mass is 9.98. The predicted molar refractivity (Wildman–Crippen MR) is 69.4 cm³/mol. The zero-order chi connectivity index (χ0) is 11.0. The van der Waals surface area contributed by atoms with Gasteiger partial charge in [-0.15, -0.1) is 0 Å². The highest BCUT2D eigenvalue weighted by atomic mass is 79.9. The summed E-state index contributed by atoms with van der Waals surface area (Å²) < 4.78 is 5.84. The van der Waals surface area contributed by atoms with Crippen LogP contribution in [-0.2, 0) is 0 Å². The molecule has 2 heteroatoms. The Morgan fingerprint density at radius 1 is 1.12 bits per heavy atom. The molecule has 2 aliphatic rings. The Morgan fingerprint density at radius 2 is 2.00 bits per heavy atom. The highest BCUT2D eigenvalue weighted by Crippen LogP contribution is 2.39. The Morgan fingerprint density at radius 3 is 2.69 bits per heavy atom. The van der Waals surface area contributed by atoms with E-state index < -0.39 is 0 Å². The average Bonchev–Trinajstić information content (AvgIpc) is 2.98. The van der Waals surface area contributed by atoms with Crippen molar-refractivity contribution in [3.8, 4) is 5.75 Å². The molecular formula is C14H17BrO. The first-order valence-corrected chi connectivity index (χ1v) is 7.13. The third-order valence-corrected chi connectivity index (χ3v) is 4.36. The van der Waals surface area contributed by atoms with Crippen molar-refractivity contribution in [3.63, 3.8) is 0 Å². The van der Waals surface area contributed by atoms with Crippen molar-refractivity contribution in [3.05, 3.63) is 29.8 Å². The van der Waals surface area contributed by atoms with Gasteiger partial charge in [0.05, 0.1) is 6.10 Å². The van der Waals surface area contributed by atoms with Gasteiger partial charge in [-0.1, -0.05) is 28.1 Å². The normalized spacial score (nSPS) is 29.3. The monoisotopic (exact) mass is 280 g/mol. The fourth-order valence-corrected chi connectivity index (χ4v) is 3.16. The van der Waals surface area contributed by atoms with E-state index in [2.05, 4.69) is 40.2 Å². The molecule has 0 aliphatic heterocycles. The molecular weight excluding hydrogens is 264 g/mol. The van der Waals surface area contributed by atoms with Crippen LogP contribution in [0, 0.1) is 0 Å². The lowest BCUT2D eigenvalue weighted by Crippen LogP contribution is -1.98. The number of benzene rings is 1. The molecule has 2 atom stereocenters. The van der Waals surface area contributed by atoms with E-state index in [0.29, 0.717) is 10.9 Å². The molecule has 86 valence electrons. The van der Waals surface area contributed by atoms with Gasteiger partial charge in [0.15, 0.2) is 0 Å². The second-order valence-electron chi connectivity index (χ2n) is 5.00. The molecule has 1 aromatic carbocycles. The van der Waals surface area contributed by atoms with E-state index >= 15 is 0 Å². The van der Waals surface area contributed by atoms with Gasteiger partial charge in [-0.3, -0.25) is 0 Å². The fourth-order valence-electron chi connectivity index (χ4n) is 2.45. The first-order valence-electron chi connectivity index (χ1n) is 6.22.